The molecule has 0 saturated carbocycles. The Morgan fingerprint density at radius 1 is 1.12 bits per heavy atom. The summed E-state index contributed by atoms with van der Waals surface area (Å²) in [6, 6.07) is 15.3. The molecule has 0 aliphatic heterocycles. The van der Waals surface area contributed by atoms with Crippen LogP contribution in [0.1, 0.15) is 12.0 Å². The van der Waals surface area contributed by atoms with Crippen molar-refractivity contribution in [3.8, 4) is 11.5 Å². The van der Waals surface area contributed by atoms with Crippen LogP contribution in [0.2, 0.25) is 0 Å². The van der Waals surface area contributed by atoms with Crippen LogP contribution >= 0.6 is 0 Å². The van der Waals surface area contributed by atoms with Crippen LogP contribution in [-0.4, -0.2) is 32.7 Å². The lowest BCUT2D eigenvalue weighted by Crippen LogP contribution is -2.15. The van der Waals surface area contributed by atoms with Crippen molar-refractivity contribution in [2.24, 2.45) is 0 Å². The fourth-order valence-corrected chi connectivity index (χ4v) is 2.05. The first-order valence-electron chi connectivity index (χ1n) is 7.56. The average molecular weight is 323 g/mol. The monoisotopic (exact) mass is 323 g/mol. The molecule has 0 aliphatic carbocycles. The van der Waals surface area contributed by atoms with Gasteiger partial charge in [0, 0.05) is 6.20 Å². The Balaban J connectivity index is 1.43. The highest BCUT2D eigenvalue weighted by molar-refractivity contribution is 5.89. The van der Waals surface area contributed by atoms with Gasteiger partial charge in [0.05, 0.1) is 19.6 Å². The summed E-state index contributed by atoms with van der Waals surface area (Å²) in [5, 5.41) is 9.34. The maximum absolute atomic E-state index is 11.9. The number of aromatic nitrogens is 4. The fourth-order valence-electron chi connectivity index (χ4n) is 2.05. The summed E-state index contributed by atoms with van der Waals surface area (Å²) in [6.45, 7) is 0.816. The van der Waals surface area contributed by atoms with Crippen molar-refractivity contribution in [2.45, 2.75) is 13.0 Å². The third kappa shape index (κ3) is 4.47. The van der Waals surface area contributed by atoms with Gasteiger partial charge in [0.1, 0.15) is 5.69 Å². The van der Waals surface area contributed by atoms with E-state index in [4.69, 9.17) is 4.74 Å². The van der Waals surface area contributed by atoms with E-state index in [0.717, 1.165) is 5.56 Å². The predicted molar refractivity (Wildman–Crippen MR) is 89.0 cm³/mol. The average Bonchev–Trinajstić information content (AvgIpc) is 3.09. The summed E-state index contributed by atoms with van der Waals surface area (Å²) >= 11 is 0. The van der Waals surface area contributed by atoms with Crippen molar-refractivity contribution >= 4 is 11.9 Å². The number of aromatic amines is 1. The molecule has 24 heavy (non-hydrogen) atoms. The van der Waals surface area contributed by atoms with Gasteiger partial charge in [0.15, 0.2) is 5.82 Å². The molecule has 3 rings (SSSR count). The quantitative estimate of drug-likeness (QED) is 0.651. The highest BCUT2D eigenvalue weighted by Gasteiger charge is 2.09. The van der Waals surface area contributed by atoms with E-state index in [1.165, 1.54) is 0 Å². The van der Waals surface area contributed by atoms with Crippen LogP contribution in [0.25, 0.3) is 11.5 Å². The van der Waals surface area contributed by atoms with E-state index >= 15 is 0 Å². The molecule has 0 unspecified atom stereocenters. The van der Waals surface area contributed by atoms with Gasteiger partial charge in [-0.05, 0) is 17.7 Å². The van der Waals surface area contributed by atoms with E-state index in [-0.39, 0.29) is 18.3 Å². The molecule has 0 aliphatic rings. The molecule has 7 heteroatoms. The molecule has 0 fully saturated rings. The Hall–Kier alpha value is -3.06. The Morgan fingerprint density at radius 2 is 1.96 bits per heavy atom. The number of hydrogen-bond acceptors (Lipinski definition) is 5. The molecule has 0 atom stereocenters. The van der Waals surface area contributed by atoms with E-state index in [1.54, 1.807) is 6.20 Å². The van der Waals surface area contributed by atoms with E-state index in [0.29, 0.717) is 24.7 Å². The molecular weight excluding hydrogens is 306 g/mol. The first-order chi connectivity index (χ1) is 11.8. The maximum atomic E-state index is 11.9. The first kappa shape index (κ1) is 15.8. The lowest BCUT2D eigenvalue weighted by Gasteiger charge is -2.04. The fraction of sp³-hybridized carbons (Fsp3) is 0.176. The number of ether oxygens (including phenoxy) is 1. The first-order valence-corrected chi connectivity index (χ1v) is 7.56. The summed E-state index contributed by atoms with van der Waals surface area (Å²) in [7, 11) is 0. The molecule has 0 bridgehead atoms. The number of carbonyl (C=O) groups is 1. The largest absolute Gasteiger partial charge is 0.376 e. The Labute approximate surface area is 139 Å². The second kappa shape index (κ2) is 7.98. The molecule has 1 amide bonds. The van der Waals surface area contributed by atoms with E-state index in [1.807, 2.05) is 48.5 Å². The second-order valence-electron chi connectivity index (χ2n) is 5.06. The number of amides is 1. The van der Waals surface area contributed by atoms with Gasteiger partial charge in [-0.15, -0.1) is 5.10 Å². The van der Waals surface area contributed by atoms with Crippen LogP contribution in [0.4, 0.5) is 5.95 Å². The Kier molecular flexibility index (Phi) is 5.26. The number of nitrogens with one attached hydrogen (secondary N) is 2. The molecule has 1 aromatic carbocycles. The normalized spacial score (nSPS) is 10.5. The standard InChI is InChI=1S/C17H17N5O2/c23-15(9-11-24-12-13-6-2-1-3-7-13)19-17-20-16(21-22-17)14-8-4-5-10-18-14/h1-8,10H,9,11-12H2,(H2,19,20,21,22,23). The number of carbonyl (C=O) groups excluding carboxylic acids is 1. The lowest BCUT2D eigenvalue weighted by atomic mass is 10.2. The molecule has 0 saturated heterocycles. The molecule has 3 aromatic rings. The van der Waals surface area contributed by atoms with Gasteiger partial charge >= 0.3 is 0 Å². The summed E-state index contributed by atoms with van der Waals surface area (Å²) in [5.74, 6) is 0.532. The number of anilines is 1. The number of rotatable bonds is 7. The van der Waals surface area contributed by atoms with Gasteiger partial charge in [-0.1, -0.05) is 36.4 Å². The van der Waals surface area contributed by atoms with Gasteiger partial charge in [0.2, 0.25) is 11.9 Å². The molecular formula is C17H17N5O2. The van der Waals surface area contributed by atoms with Crippen molar-refractivity contribution in [3.63, 3.8) is 0 Å². The summed E-state index contributed by atoms with van der Waals surface area (Å²) < 4.78 is 5.48. The topological polar surface area (TPSA) is 92.8 Å². The van der Waals surface area contributed by atoms with Gasteiger partial charge in [0.25, 0.3) is 0 Å². The van der Waals surface area contributed by atoms with Crippen LogP contribution in [0.15, 0.2) is 54.7 Å². The number of nitrogens with zero attached hydrogens (tertiary/aromatic N) is 3. The third-order valence-electron chi connectivity index (χ3n) is 3.23. The molecule has 7 nitrogen and oxygen atoms in total. The van der Waals surface area contributed by atoms with Crippen LogP contribution in [0.5, 0.6) is 0 Å². The Bertz CT molecular complexity index is 774. The zero-order valence-electron chi connectivity index (χ0n) is 13.0. The van der Waals surface area contributed by atoms with Gasteiger partial charge < -0.3 is 4.74 Å². The molecule has 0 radical (unpaired) electrons. The highest BCUT2D eigenvalue weighted by Crippen LogP contribution is 2.12. The molecule has 2 N–H and O–H groups in total. The van der Waals surface area contributed by atoms with Gasteiger partial charge in [-0.2, -0.15) is 4.98 Å². The number of hydrogen-bond donors (Lipinski definition) is 2. The van der Waals surface area contributed by atoms with Crippen molar-refractivity contribution in [1.29, 1.82) is 0 Å². The van der Waals surface area contributed by atoms with Crippen molar-refractivity contribution in [2.75, 3.05) is 11.9 Å². The van der Waals surface area contributed by atoms with Crippen LogP contribution < -0.4 is 5.32 Å². The zero-order chi connectivity index (χ0) is 16.6. The SMILES string of the molecule is O=C(CCOCc1ccccc1)Nc1n[nH]c(-c2ccccn2)n1. The minimum atomic E-state index is -0.199. The zero-order valence-corrected chi connectivity index (χ0v) is 13.0. The second-order valence-corrected chi connectivity index (χ2v) is 5.06. The minimum absolute atomic E-state index is 0.199. The van der Waals surface area contributed by atoms with Crippen LogP contribution in [0.3, 0.4) is 0 Å². The third-order valence-corrected chi connectivity index (χ3v) is 3.23. The smallest absolute Gasteiger partial charge is 0.249 e. The molecule has 122 valence electrons. The summed E-state index contributed by atoms with van der Waals surface area (Å²) in [5.41, 5.74) is 1.74. The maximum Gasteiger partial charge on any atom is 0.249 e. The predicted octanol–water partition coefficient (Wildman–Crippen LogP) is 2.41. The number of benzene rings is 1. The Morgan fingerprint density at radius 3 is 2.75 bits per heavy atom. The minimum Gasteiger partial charge on any atom is -0.376 e. The molecule has 0 spiro atoms. The summed E-state index contributed by atoms with van der Waals surface area (Å²) in [4.78, 5) is 20.2. The lowest BCUT2D eigenvalue weighted by molar-refractivity contribution is -0.117. The van der Waals surface area contributed by atoms with Crippen molar-refractivity contribution < 1.29 is 9.53 Å². The van der Waals surface area contributed by atoms with Crippen molar-refractivity contribution in [3.05, 3.63) is 60.3 Å². The number of pyridine rings is 1. The highest BCUT2D eigenvalue weighted by atomic mass is 16.5. The van der Waals surface area contributed by atoms with Gasteiger partial charge in [-0.3, -0.25) is 20.2 Å². The van der Waals surface area contributed by atoms with E-state index in [2.05, 4.69) is 25.5 Å². The van der Waals surface area contributed by atoms with E-state index in [9.17, 15) is 4.79 Å². The van der Waals surface area contributed by atoms with Crippen LogP contribution in [-0.2, 0) is 16.1 Å². The van der Waals surface area contributed by atoms with Gasteiger partial charge in [-0.25, -0.2) is 0 Å². The van der Waals surface area contributed by atoms with Crippen LogP contribution in [0, 0.1) is 0 Å². The number of H-pyrrole nitrogens is 1. The van der Waals surface area contributed by atoms with E-state index < -0.39 is 0 Å². The summed E-state index contributed by atoms with van der Waals surface area (Å²) in [6.07, 6.45) is 1.90. The molecule has 2 aromatic heterocycles. The molecule has 2 heterocycles. The van der Waals surface area contributed by atoms with Crippen molar-refractivity contribution in [1.82, 2.24) is 20.2 Å².